The van der Waals surface area contributed by atoms with Crippen molar-refractivity contribution in [2.45, 2.75) is 16.7 Å². The molecule has 0 unspecified atom stereocenters. The standard InChI is InChI=1S/C21H24N4O6S2/c1-16-20(21(26)25(23(16)2)17-6-4-3-5-7-17)22-32(27,28)18-8-10-19(11-9-18)33(29,30)24-12-14-31-15-13-24/h3-11,22H,12-15H2,1-2H3. The third-order valence-corrected chi connectivity index (χ3v) is 8.81. The summed E-state index contributed by atoms with van der Waals surface area (Å²) in [7, 11) is -6.22. The molecule has 2 heterocycles. The van der Waals surface area contributed by atoms with Gasteiger partial charge >= 0.3 is 0 Å². The minimum absolute atomic E-state index is 0.00863. The van der Waals surface area contributed by atoms with Crippen LogP contribution in [0.5, 0.6) is 0 Å². The number of sulfonamides is 2. The zero-order valence-corrected chi connectivity index (χ0v) is 19.8. The van der Waals surface area contributed by atoms with Crippen LogP contribution in [0.4, 0.5) is 5.69 Å². The Kier molecular flexibility index (Phi) is 6.18. The largest absolute Gasteiger partial charge is 0.379 e. The summed E-state index contributed by atoms with van der Waals surface area (Å²) in [6.45, 7) is 2.74. The molecule has 1 fully saturated rings. The van der Waals surface area contributed by atoms with E-state index in [1.807, 2.05) is 6.07 Å². The first kappa shape index (κ1) is 23.2. The van der Waals surface area contributed by atoms with E-state index >= 15 is 0 Å². The fourth-order valence-corrected chi connectivity index (χ4v) is 6.13. The van der Waals surface area contributed by atoms with Crippen LogP contribution in [0.15, 0.2) is 69.2 Å². The van der Waals surface area contributed by atoms with Crippen molar-refractivity contribution < 1.29 is 21.6 Å². The van der Waals surface area contributed by atoms with Gasteiger partial charge in [0.15, 0.2) is 0 Å². The second kappa shape index (κ2) is 8.78. The Hall–Kier alpha value is -2.93. The van der Waals surface area contributed by atoms with Crippen molar-refractivity contribution in [1.29, 1.82) is 0 Å². The van der Waals surface area contributed by atoms with Gasteiger partial charge in [0.05, 0.1) is 34.4 Å². The van der Waals surface area contributed by atoms with Crippen molar-refractivity contribution >= 4 is 25.7 Å². The summed E-state index contributed by atoms with van der Waals surface area (Å²) < 4.78 is 63.3. The number of nitrogens with zero attached hydrogens (tertiary/aromatic N) is 3. The van der Waals surface area contributed by atoms with E-state index in [4.69, 9.17) is 4.74 Å². The van der Waals surface area contributed by atoms with Crippen LogP contribution in [0.25, 0.3) is 5.69 Å². The molecule has 176 valence electrons. The SMILES string of the molecule is Cc1c(NS(=O)(=O)c2ccc(S(=O)(=O)N3CCOCC3)cc2)c(=O)n(-c2ccccc2)n1C. The average molecular weight is 493 g/mol. The Morgan fingerprint density at radius 2 is 1.45 bits per heavy atom. The summed E-state index contributed by atoms with van der Waals surface area (Å²) in [5.74, 6) is 0. The van der Waals surface area contributed by atoms with Gasteiger partial charge in [-0.25, -0.2) is 21.5 Å². The molecule has 1 aromatic heterocycles. The molecule has 0 saturated carbocycles. The van der Waals surface area contributed by atoms with Gasteiger partial charge in [-0.1, -0.05) is 18.2 Å². The second-order valence-electron chi connectivity index (χ2n) is 7.53. The number of hydrogen-bond donors (Lipinski definition) is 1. The van der Waals surface area contributed by atoms with Gasteiger partial charge < -0.3 is 4.74 Å². The van der Waals surface area contributed by atoms with Crippen molar-refractivity contribution in [1.82, 2.24) is 13.7 Å². The third kappa shape index (κ3) is 4.34. The highest BCUT2D eigenvalue weighted by Crippen LogP contribution is 2.22. The number of anilines is 1. The predicted octanol–water partition coefficient (Wildman–Crippen LogP) is 1.31. The maximum Gasteiger partial charge on any atom is 0.296 e. The molecule has 1 N–H and O–H groups in total. The molecular weight excluding hydrogens is 468 g/mol. The van der Waals surface area contributed by atoms with Crippen LogP contribution in [-0.2, 0) is 31.8 Å². The van der Waals surface area contributed by atoms with E-state index in [0.29, 0.717) is 24.6 Å². The van der Waals surface area contributed by atoms with Gasteiger partial charge in [-0.2, -0.15) is 4.31 Å². The van der Waals surface area contributed by atoms with Gasteiger partial charge in [0.2, 0.25) is 10.0 Å². The number of ether oxygens (including phenoxy) is 1. The van der Waals surface area contributed by atoms with Gasteiger partial charge in [0, 0.05) is 20.1 Å². The van der Waals surface area contributed by atoms with Gasteiger partial charge in [0.25, 0.3) is 15.6 Å². The van der Waals surface area contributed by atoms with E-state index in [-0.39, 0.29) is 28.6 Å². The van der Waals surface area contributed by atoms with Gasteiger partial charge in [-0.3, -0.25) is 14.2 Å². The minimum atomic E-state index is -4.14. The van der Waals surface area contributed by atoms with Gasteiger partial charge in [0.1, 0.15) is 5.69 Å². The number of morpholine rings is 1. The molecule has 0 atom stereocenters. The Balaban J connectivity index is 1.63. The third-order valence-electron chi connectivity index (χ3n) is 5.53. The molecule has 0 spiro atoms. The molecular formula is C21H24N4O6S2. The Morgan fingerprint density at radius 1 is 0.879 bits per heavy atom. The second-order valence-corrected chi connectivity index (χ2v) is 11.2. The fraction of sp³-hybridized carbons (Fsp3) is 0.286. The molecule has 33 heavy (non-hydrogen) atoms. The van der Waals surface area contributed by atoms with Crippen LogP contribution in [0, 0.1) is 6.92 Å². The molecule has 0 radical (unpaired) electrons. The molecule has 2 aromatic carbocycles. The molecule has 4 rings (SSSR count). The van der Waals surface area contributed by atoms with E-state index in [0.717, 1.165) is 0 Å². The first-order chi connectivity index (χ1) is 15.6. The van der Waals surface area contributed by atoms with Gasteiger partial charge in [-0.15, -0.1) is 0 Å². The quantitative estimate of drug-likeness (QED) is 0.554. The average Bonchev–Trinajstić information content (AvgIpc) is 3.03. The summed E-state index contributed by atoms with van der Waals surface area (Å²) in [5.41, 5.74) is 0.429. The first-order valence-electron chi connectivity index (χ1n) is 10.2. The van der Waals surface area contributed by atoms with Crippen LogP contribution in [0.3, 0.4) is 0 Å². The fourth-order valence-electron chi connectivity index (χ4n) is 3.61. The molecule has 12 heteroatoms. The van der Waals surface area contributed by atoms with E-state index in [9.17, 15) is 21.6 Å². The van der Waals surface area contributed by atoms with Crippen molar-refractivity contribution in [3.63, 3.8) is 0 Å². The van der Waals surface area contributed by atoms with E-state index in [1.165, 1.54) is 33.3 Å². The molecule has 0 bridgehead atoms. The maximum absolute atomic E-state index is 13.0. The van der Waals surface area contributed by atoms with Crippen molar-refractivity contribution in [3.8, 4) is 5.69 Å². The monoisotopic (exact) mass is 492 g/mol. The molecule has 0 amide bonds. The summed E-state index contributed by atoms with van der Waals surface area (Å²) >= 11 is 0. The Bertz CT molecular complexity index is 1420. The number of rotatable bonds is 6. The van der Waals surface area contributed by atoms with E-state index < -0.39 is 25.6 Å². The van der Waals surface area contributed by atoms with Crippen molar-refractivity contribution in [3.05, 3.63) is 70.6 Å². The summed E-state index contributed by atoms with van der Waals surface area (Å²) in [6, 6.07) is 13.8. The number of nitrogens with one attached hydrogen (secondary N) is 1. The van der Waals surface area contributed by atoms with Gasteiger partial charge in [-0.05, 0) is 43.3 Å². The molecule has 0 aliphatic carbocycles. The highest BCUT2D eigenvalue weighted by Gasteiger charge is 2.27. The summed E-state index contributed by atoms with van der Waals surface area (Å²) in [4.78, 5) is 12.8. The lowest BCUT2D eigenvalue weighted by molar-refractivity contribution is 0.0730. The summed E-state index contributed by atoms with van der Waals surface area (Å²) in [5, 5.41) is 0. The zero-order chi connectivity index (χ0) is 23.8. The number of benzene rings is 2. The molecule has 1 aliphatic heterocycles. The molecule has 3 aromatic rings. The lowest BCUT2D eigenvalue weighted by Gasteiger charge is -2.26. The van der Waals surface area contributed by atoms with E-state index in [1.54, 1.807) is 42.9 Å². The zero-order valence-electron chi connectivity index (χ0n) is 18.1. The smallest absolute Gasteiger partial charge is 0.296 e. The van der Waals surface area contributed by atoms with Crippen LogP contribution in [0.2, 0.25) is 0 Å². The predicted molar refractivity (Wildman–Crippen MR) is 123 cm³/mol. The Morgan fingerprint density at radius 3 is 2.06 bits per heavy atom. The number of hydrogen-bond acceptors (Lipinski definition) is 6. The lowest BCUT2D eigenvalue weighted by Crippen LogP contribution is -2.40. The normalized spacial score (nSPS) is 15.5. The maximum atomic E-state index is 13.0. The highest BCUT2D eigenvalue weighted by molar-refractivity contribution is 7.92. The Labute approximate surface area is 192 Å². The highest BCUT2D eigenvalue weighted by atomic mass is 32.2. The molecule has 10 nitrogen and oxygen atoms in total. The topological polar surface area (TPSA) is 120 Å². The molecule has 1 aliphatic rings. The number of para-hydroxylation sites is 1. The van der Waals surface area contributed by atoms with Crippen LogP contribution in [-0.4, -0.2) is 56.8 Å². The van der Waals surface area contributed by atoms with E-state index in [2.05, 4.69) is 4.72 Å². The van der Waals surface area contributed by atoms with Crippen LogP contribution < -0.4 is 10.3 Å². The van der Waals surface area contributed by atoms with Crippen LogP contribution in [0.1, 0.15) is 5.69 Å². The minimum Gasteiger partial charge on any atom is -0.379 e. The summed E-state index contributed by atoms with van der Waals surface area (Å²) in [6.07, 6.45) is 0. The molecule has 1 saturated heterocycles. The van der Waals surface area contributed by atoms with Crippen LogP contribution >= 0.6 is 0 Å². The first-order valence-corrected chi connectivity index (χ1v) is 13.1. The number of aromatic nitrogens is 2. The lowest BCUT2D eigenvalue weighted by atomic mass is 10.3. The van der Waals surface area contributed by atoms with Crippen molar-refractivity contribution in [2.24, 2.45) is 7.05 Å². The van der Waals surface area contributed by atoms with Crippen molar-refractivity contribution in [2.75, 3.05) is 31.0 Å².